The number of fused-ring (bicyclic) bond motifs is 1. The molecule has 5 nitrogen and oxygen atoms in total. The van der Waals surface area contributed by atoms with E-state index in [1.807, 2.05) is 12.1 Å². The van der Waals surface area contributed by atoms with E-state index in [2.05, 4.69) is 10.5 Å². The molecule has 2 heterocycles. The fourth-order valence-electron chi connectivity index (χ4n) is 4.48. The van der Waals surface area contributed by atoms with E-state index in [9.17, 15) is 14.3 Å². The van der Waals surface area contributed by atoms with Gasteiger partial charge in [-0.1, -0.05) is 35.0 Å². The van der Waals surface area contributed by atoms with Crippen LogP contribution in [0.4, 0.5) is 10.3 Å². The third-order valence-electron chi connectivity index (χ3n) is 5.90. The lowest BCUT2D eigenvalue weighted by molar-refractivity contribution is -0.116. The number of aromatic hydroxyl groups is 1. The number of Topliss-reactive ketones (excluding diaryl/α,β-unsaturated/α-hetero) is 1. The zero-order chi connectivity index (χ0) is 21.0. The number of halogens is 2. The van der Waals surface area contributed by atoms with Crippen LogP contribution in [0, 0.1) is 12.7 Å². The molecule has 5 rings (SSSR count). The zero-order valence-corrected chi connectivity index (χ0v) is 16.8. The van der Waals surface area contributed by atoms with Gasteiger partial charge in [0.1, 0.15) is 11.6 Å². The van der Waals surface area contributed by atoms with Crippen molar-refractivity contribution in [1.82, 2.24) is 5.16 Å². The Kier molecular flexibility index (Phi) is 4.40. The second kappa shape index (κ2) is 6.99. The average molecular weight is 425 g/mol. The number of hydrogen-bond donors (Lipinski definition) is 2. The van der Waals surface area contributed by atoms with Gasteiger partial charge in [0.15, 0.2) is 5.78 Å². The third-order valence-corrected chi connectivity index (χ3v) is 6.21. The highest BCUT2D eigenvalue weighted by Crippen LogP contribution is 2.49. The maximum Gasteiger partial charge on any atom is 0.233 e. The van der Waals surface area contributed by atoms with Crippen molar-refractivity contribution >= 4 is 23.3 Å². The number of nitrogens with one attached hydrogen (secondary N) is 1. The number of carbonyl (C=O) groups is 1. The fraction of sp³-hybridized carbons (Fsp3) is 0.217. The minimum Gasteiger partial charge on any atom is -0.508 e. The number of phenols is 1. The van der Waals surface area contributed by atoms with Crippen LogP contribution in [0.2, 0.25) is 5.02 Å². The number of hydrogen-bond acceptors (Lipinski definition) is 5. The molecule has 0 spiro atoms. The van der Waals surface area contributed by atoms with E-state index in [1.165, 1.54) is 12.1 Å². The molecule has 3 aromatic rings. The first-order chi connectivity index (χ1) is 14.4. The number of aryl methyl sites for hydroxylation is 1. The molecule has 0 fully saturated rings. The van der Waals surface area contributed by atoms with Crippen molar-refractivity contribution < 1.29 is 18.8 Å². The maximum absolute atomic E-state index is 14.3. The number of ketones is 1. The van der Waals surface area contributed by atoms with Gasteiger partial charge in [0, 0.05) is 23.6 Å². The van der Waals surface area contributed by atoms with Crippen LogP contribution in [-0.4, -0.2) is 16.0 Å². The van der Waals surface area contributed by atoms with Crippen molar-refractivity contribution in [1.29, 1.82) is 0 Å². The Bertz CT molecular complexity index is 1200. The minimum atomic E-state index is -0.532. The molecule has 0 saturated heterocycles. The SMILES string of the molecule is Cc1noc2c1[C@@H](c1ccc(Cl)c(F)c1)C1=C(C[C@@H](c3ccc(O)cc3)CC1=O)N2. The van der Waals surface area contributed by atoms with Gasteiger partial charge >= 0.3 is 0 Å². The maximum atomic E-state index is 14.3. The molecule has 1 aromatic heterocycles. The normalized spacial score (nSPS) is 20.6. The molecule has 0 unspecified atom stereocenters. The monoisotopic (exact) mass is 424 g/mol. The van der Waals surface area contributed by atoms with E-state index in [0.29, 0.717) is 35.6 Å². The number of carbonyl (C=O) groups excluding carboxylic acids is 1. The largest absolute Gasteiger partial charge is 0.508 e. The topological polar surface area (TPSA) is 75.4 Å². The van der Waals surface area contributed by atoms with E-state index in [-0.39, 0.29) is 22.5 Å². The van der Waals surface area contributed by atoms with Gasteiger partial charge in [-0.3, -0.25) is 4.79 Å². The Morgan fingerprint density at radius 2 is 1.90 bits per heavy atom. The van der Waals surface area contributed by atoms with Gasteiger partial charge in [0.2, 0.25) is 5.88 Å². The lowest BCUT2D eigenvalue weighted by Crippen LogP contribution is -2.29. The highest BCUT2D eigenvalue weighted by Gasteiger charge is 2.41. The summed E-state index contributed by atoms with van der Waals surface area (Å²) in [5.41, 5.74) is 4.38. The van der Waals surface area contributed by atoms with Gasteiger partial charge in [0.05, 0.1) is 16.3 Å². The molecule has 0 saturated carbocycles. The van der Waals surface area contributed by atoms with Crippen LogP contribution in [0.15, 0.2) is 58.3 Å². The first-order valence-corrected chi connectivity index (χ1v) is 10.0. The molecule has 0 amide bonds. The summed E-state index contributed by atoms with van der Waals surface area (Å²) in [6, 6.07) is 11.5. The molecule has 152 valence electrons. The smallest absolute Gasteiger partial charge is 0.233 e. The quantitative estimate of drug-likeness (QED) is 0.573. The highest BCUT2D eigenvalue weighted by atomic mass is 35.5. The summed E-state index contributed by atoms with van der Waals surface area (Å²) in [5, 5.41) is 16.9. The van der Waals surface area contributed by atoms with Crippen LogP contribution in [0.3, 0.4) is 0 Å². The van der Waals surface area contributed by atoms with Gasteiger partial charge in [-0.15, -0.1) is 0 Å². The average Bonchev–Trinajstić information content (AvgIpc) is 3.09. The Labute approximate surface area is 177 Å². The number of benzene rings is 2. The van der Waals surface area contributed by atoms with Crippen LogP contribution in [0.25, 0.3) is 0 Å². The summed E-state index contributed by atoms with van der Waals surface area (Å²) in [6.45, 7) is 1.81. The predicted octanol–water partition coefficient (Wildman–Crippen LogP) is 5.44. The summed E-state index contributed by atoms with van der Waals surface area (Å²) >= 11 is 5.88. The fourth-order valence-corrected chi connectivity index (χ4v) is 4.60. The Morgan fingerprint density at radius 3 is 2.63 bits per heavy atom. The van der Waals surface area contributed by atoms with E-state index in [4.69, 9.17) is 16.1 Å². The summed E-state index contributed by atoms with van der Waals surface area (Å²) in [5.74, 6) is -0.377. The van der Waals surface area contributed by atoms with Crippen molar-refractivity contribution in [3.63, 3.8) is 0 Å². The van der Waals surface area contributed by atoms with Crippen LogP contribution >= 0.6 is 11.6 Å². The molecule has 2 atom stereocenters. The van der Waals surface area contributed by atoms with Crippen LogP contribution < -0.4 is 5.32 Å². The van der Waals surface area contributed by atoms with Crippen molar-refractivity contribution in [3.8, 4) is 5.75 Å². The minimum absolute atomic E-state index is 0.00608. The molecule has 0 radical (unpaired) electrons. The van der Waals surface area contributed by atoms with Gasteiger partial charge in [-0.05, 0) is 54.7 Å². The van der Waals surface area contributed by atoms with Crippen LogP contribution in [0.5, 0.6) is 5.75 Å². The van der Waals surface area contributed by atoms with Crippen molar-refractivity contribution in [2.45, 2.75) is 31.6 Å². The summed E-state index contributed by atoms with van der Waals surface area (Å²) < 4.78 is 19.7. The third kappa shape index (κ3) is 2.99. The van der Waals surface area contributed by atoms with Crippen LogP contribution in [0.1, 0.15) is 47.1 Å². The molecule has 2 aliphatic rings. The second-order valence-corrected chi connectivity index (χ2v) is 8.16. The molecular formula is C23H18ClFN2O3. The molecule has 2 N–H and O–H groups in total. The predicted molar refractivity (Wildman–Crippen MR) is 110 cm³/mol. The first-order valence-electron chi connectivity index (χ1n) is 9.65. The van der Waals surface area contributed by atoms with Gasteiger partial charge in [0.25, 0.3) is 0 Å². The van der Waals surface area contributed by atoms with Gasteiger partial charge < -0.3 is 14.9 Å². The molecule has 1 aliphatic carbocycles. The number of anilines is 1. The molecule has 7 heteroatoms. The lowest BCUT2D eigenvalue weighted by atomic mass is 9.72. The number of nitrogens with zero attached hydrogens (tertiary/aromatic N) is 1. The Morgan fingerprint density at radius 1 is 1.17 bits per heavy atom. The van der Waals surface area contributed by atoms with E-state index < -0.39 is 11.7 Å². The van der Waals surface area contributed by atoms with Gasteiger partial charge in [-0.2, -0.15) is 0 Å². The van der Waals surface area contributed by atoms with Crippen molar-refractivity contribution in [3.05, 3.63) is 87.0 Å². The summed E-state index contributed by atoms with van der Waals surface area (Å²) in [7, 11) is 0. The molecular weight excluding hydrogens is 407 g/mol. The lowest BCUT2D eigenvalue weighted by Gasteiger charge is -2.34. The van der Waals surface area contributed by atoms with E-state index in [1.54, 1.807) is 25.1 Å². The molecule has 0 bridgehead atoms. The molecule has 1 aliphatic heterocycles. The zero-order valence-electron chi connectivity index (χ0n) is 16.1. The first kappa shape index (κ1) is 18.9. The number of phenolic OH excluding ortho intramolecular Hbond substituents is 1. The Hall–Kier alpha value is -3.12. The summed E-state index contributed by atoms with van der Waals surface area (Å²) in [4.78, 5) is 13.3. The van der Waals surface area contributed by atoms with E-state index >= 15 is 0 Å². The molecule has 30 heavy (non-hydrogen) atoms. The molecule has 2 aromatic carbocycles. The van der Waals surface area contributed by atoms with Gasteiger partial charge in [-0.25, -0.2) is 4.39 Å². The summed E-state index contributed by atoms with van der Waals surface area (Å²) in [6.07, 6.45) is 0.926. The number of allylic oxidation sites excluding steroid dienone is 2. The Balaban J connectivity index is 1.62. The highest BCUT2D eigenvalue weighted by molar-refractivity contribution is 6.30. The van der Waals surface area contributed by atoms with Crippen molar-refractivity contribution in [2.75, 3.05) is 5.32 Å². The number of aromatic nitrogens is 1. The van der Waals surface area contributed by atoms with Crippen molar-refractivity contribution in [2.24, 2.45) is 0 Å². The second-order valence-electron chi connectivity index (χ2n) is 7.75. The van der Waals surface area contributed by atoms with E-state index in [0.717, 1.165) is 16.8 Å². The van der Waals surface area contributed by atoms with Crippen LogP contribution in [-0.2, 0) is 4.79 Å². The number of rotatable bonds is 2. The standard InChI is InChI=1S/C23H18ClFN2O3/c1-11-20-21(13-4-7-16(24)17(25)8-13)22-18(26-23(20)30-27-11)9-14(10-19(22)29)12-2-5-15(28)6-3-12/h2-8,14,21,26,28H,9-10H2,1H3/t14-,21-/m1/s1.